The predicted octanol–water partition coefficient (Wildman–Crippen LogP) is 5.35. The van der Waals surface area contributed by atoms with Crippen molar-refractivity contribution in [3.05, 3.63) is 84.1 Å². The van der Waals surface area contributed by atoms with Gasteiger partial charge in [0.05, 0.1) is 0 Å². The maximum Gasteiger partial charge on any atom is 0.0184 e. The number of rotatable bonds is 2. The Morgan fingerprint density at radius 1 is 0.621 bits per heavy atom. The fourth-order valence-electron chi connectivity index (χ4n) is 3.78. The van der Waals surface area contributed by atoms with Gasteiger partial charge in [-0.15, -0.1) is 6.67 Å². The van der Waals surface area contributed by atoms with Crippen LogP contribution in [0.5, 0.6) is 0 Å². The molecule has 0 saturated heterocycles. The zero-order chi connectivity index (χ0) is 20.7. The molecule has 0 fully saturated rings. The maximum atomic E-state index is 7.75. The average Bonchev–Trinajstić information content (AvgIpc) is 3.05. The van der Waals surface area contributed by atoms with Gasteiger partial charge in [0.2, 0.25) is 0 Å². The molecule has 0 bridgehead atoms. The fraction of sp³-hybridized carbons (Fsp3) is 0.250. The Labute approximate surface area is 187 Å². The summed E-state index contributed by atoms with van der Waals surface area (Å²) >= 11 is 0. The number of benzene rings is 2. The first-order chi connectivity index (χ1) is 12.9. The minimum absolute atomic E-state index is 0. The van der Waals surface area contributed by atoms with Crippen LogP contribution in [0.2, 0.25) is 0 Å². The minimum Gasteiger partial charge on any atom is -0.545 e. The second-order valence-corrected chi connectivity index (χ2v) is 6.72. The van der Waals surface area contributed by atoms with Crippen molar-refractivity contribution >= 4 is 25.0 Å². The summed E-state index contributed by atoms with van der Waals surface area (Å²) in [5.41, 5.74) is 10.4. The van der Waals surface area contributed by atoms with Crippen LogP contribution in [0.3, 0.4) is 0 Å². The van der Waals surface area contributed by atoms with Crippen LogP contribution in [0.15, 0.2) is 36.7 Å². The van der Waals surface area contributed by atoms with E-state index in [4.69, 9.17) is 9.59 Å². The third-order valence-corrected chi connectivity index (χ3v) is 4.42. The summed E-state index contributed by atoms with van der Waals surface area (Å²) in [6.07, 6.45) is 4.28. The largest absolute Gasteiger partial charge is 0.545 e. The molecule has 0 aliphatic carbocycles. The zero-order valence-electron chi connectivity index (χ0n) is 18.3. The van der Waals surface area contributed by atoms with E-state index in [0.717, 1.165) is 0 Å². The average molecular weight is 433 g/mol. The summed E-state index contributed by atoms with van der Waals surface area (Å²) in [7, 11) is 0. The van der Waals surface area contributed by atoms with Crippen LogP contribution in [0.4, 0.5) is 11.4 Å². The number of carbonyl (C=O) groups excluding carboxylic acids is 2. The molecule has 2 aromatic carbocycles. The van der Waals surface area contributed by atoms with Gasteiger partial charge in [0.25, 0.3) is 0 Å². The summed E-state index contributed by atoms with van der Waals surface area (Å²) in [5, 5.41) is 0. The smallest absolute Gasteiger partial charge is 0.0184 e. The van der Waals surface area contributed by atoms with E-state index in [1.807, 2.05) is 0 Å². The van der Waals surface area contributed by atoms with Gasteiger partial charge in [-0.1, -0.05) is 35.4 Å². The van der Waals surface area contributed by atoms with Gasteiger partial charge >= 0.3 is 0 Å². The Bertz CT molecular complexity index is 720. The molecule has 0 N–H and O–H groups in total. The van der Waals surface area contributed by atoms with Gasteiger partial charge in [-0.25, -0.2) is 0 Å². The van der Waals surface area contributed by atoms with E-state index in [0.29, 0.717) is 0 Å². The molecule has 0 amide bonds. The first kappa shape index (κ1) is 28.8. The van der Waals surface area contributed by atoms with Crippen molar-refractivity contribution in [1.82, 2.24) is 0 Å². The molecule has 159 valence electrons. The van der Waals surface area contributed by atoms with Crippen LogP contribution in [0.25, 0.3) is 0 Å². The molecule has 0 unspecified atom stereocenters. The van der Waals surface area contributed by atoms with Crippen LogP contribution >= 0.6 is 0 Å². The third kappa shape index (κ3) is 6.59. The van der Waals surface area contributed by atoms with E-state index in [9.17, 15) is 0 Å². The van der Waals surface area contributed by atoms with Crippen LogP contribution in [-0.4, -0.2) is 13.6 Å². The Kier molecular flexibility index (Phi) is 12.9. The van der Waals surface area contributed by atoms with Crippen molar-refractivity contribution < 1.29 is 26.7 Å². The van der Waals surface area contributed by atoms with E-state index >= 15 is 0 Å². The van der Waals surface area contributed by atoms with Gasteiger partial charge < -0.3 is 26.8 Å². The summed E-state index contributed by atoms with van der Waals surface area (Å²) < 4.78 is 0. The van der Waals surface area contributed by atoms with E-state index in [1.54, 1.807) is 0 Å². The molecule has 0 aromatic heterocycles. The van der Waals surface area contributed by atoms with E-state index in [2.05, 4.69) is 108 Å². The second-order valence-electron chi connectivity index (χ2n) is 6.72. The predicted molar refractivity (Wildman–Crippen MR) is 120 cm³/mol. The molecule has 1 aliphatic heterocycles. The molecular weight excluding hydrogens is 403 g/mol. The third-order valence-electron chi connectivity index (χ3n) is 4.42. The van der Waals surface area contributed by atoms with Crippen LogP contribution < -0.4 is 9.80 Å². The summed E-state index contributed by atoms with van der Waals surface area (Å²) in [5.74, 6) is 0. The fourth-order valence-corrected chi connectivity index (χ4v) is 3.78. The van der Waals surface area contributed by atoms with Crippen LogP contribution in [-0.2, 0) is 26.7 Å². The first-order valence-corrected chi connectivity index (χ1v) is 8.59. The summed E-state index contributed by atoms with van der Waals surface area (Å²) in [6, 6.07) is 8.98. The summed E-state index contributed by atoms with van der Waals surface area (Å²) in [6.45, 7) is 21.7. The van der Waals surface area contributed by atoms with E-state index < -0.39 is 0 Å². The normalized spacial score (nSPS) is 11.4. The van der Waals surface area contributed by atoms with Crippen LogP contribution in [0.1, 0.15) is 33.4 Å². The first-order valence-electron chi connectivity index (χ1n) is 8.59. The molecule has 1 heterocycles. The molecule has 2 aromatic rings. The number of anilines is 2. The van der Waals surface area contributed by atoms with Crippen molar-refractivity contribution in [3.8, 4) is 0 Å². The minimum atomic E-state index is 0. The van der Waals surface area contributed by atoms with Gasteiger partial charge in [0, 0.05) is 28.4 Å². The van der Waals surface area contributed by atoms with Gasteiger partial charge in [-0.3, -0.25) is 13.6 Å². The SMILES string of the molecule is Cc1cc(C)c(N2C=CN(c3c(C)cc(C)cc3C)[CH-]2)c(C)c1.[CH-]=O.[CH-]=O.[CH3-].[Mn]. The number of hydrogen-bond acceptors (Lipinski definition) is 4. The van der Waals surface area contributed by atoms with Gasteiger partial charge in [0.15, 0.2) is 0 Å². The Morgan fingerprint density at radius 2 is 0.862 bits per heavy atom. The second kappa shape index (κ2) is 13.0. The van der Waals surface area contributed by atoms with Crippen molar-refractivity contribution in [3.63, 3.8) is 0 Å². The number of nitrogens with zero attached hydrogens (tertiary/aromatic N) is 2. The molecule has 1 aliphatic rings. The van der Waals surface area contributed by atoms with Crippen LogP contribution in [0, 0.1) is 55.6 Å². The van der Waals surface area contributed by atoms with E-state index in [1.165, 1.54) is 44.8 Å². The molecule has 3 rings (SSSR count). The van der Waals surface area contributed by atoms with Gasteiger partial charge in [-0.05, 0) is 76.2 Å². The molecule has 0 atom stereocenters. The Hall–Kier alpha value is -2.36. The quantitative estimate of drug-likeness (QED) is 0.364. The standard InChI is InChI=1S/C21H25N2.2CHO.CH3.Mn/c1-14-9-16(3)20(17(4)10-14)22-7-8-23(13-22)21-18(5)11-15(2)12-19(21)6;2*1-2;;/h7-13H,1-6H3;2*1H;1H3;/q4*-1;. The van der Waals surface area contributed by atoms with E-state index in [-0.39, 0.29) is 24.5 Å². The Balaban J connectivity index is 0. The maximum absolute atomic E-state index is 7.75. The van der Waals surface area contributed by atoms with Crippen molar-refractivity contribution in [2.75, 3.05) is 9.80 Å². The van der Waals surface area contributed by atoms with Gasteiger partial charge in [0.1, 0.15) is 0 Å². The summed E-state index contributed by atoms with van der Waals surface area (Å²) in [4.78, 5) is 20.0. The van der Waals surface area contributed by atoms with Crippen molar-refractivity contribution in [2.45, 2.75) is 41.5 Å². The molecule has 0 saturated carbocycles. The molecule has 0 spiro atoms. The molecule has 4 nitrogen and oxygen atoms in total. The Morgan fingerprint density at radius 3 is 1.10 bits per heavy atom. The molecule has 5 heteroatoms. The molecular formula is C24H30MnN2O2-4. The molecule has 29 heavy (non-hydrogen) atoms. The topological polar surface area (TPSA) is 40.6 Å². The number of hydrogen-bond donors (Lipinski definition) is 0. The van der Waals surface area contributed by atoms with Crippen molar-refractivity contribution in [1.29, 1.82) is 0 Å². The molecule has 1 radical (unpaired) electrons. The number of aryl methyl sites for hydroxylation is 6. The zero-order valence-corrected chi connectivity index (χ0v) is 19.5. The van der Waals surface area contributed by atoms with Crippen molar-refractivity contribution in [2.24, 2.45) is 0 Å². The monoisotopic (exact) mass is 433 g/mol. The van der Waals surface area contributed by atoms with Gasteiger partial charge in [-0.2, -0.15) is 0 Å².